The Hall–Kier alpha value is -2.38. The van der Waals surface area contributed by atoms with Crippen LogP contribution in [-0.2, 0) is 43.3 Å². The van der Waals surface area contributed by atoms with Crippen molar-refractivity contribution in [2.45, 2.75) is 209 Å². The number of benzene rings is 4. The van der Waals surface area contributed by atoms with Gasteiger partial charge >= 0.3 is 62.2 Å². The topological polar surface area (TPSA) is 92.2 Å². The third-order valence-electron chi connectivity index (χ3n) is 11.3. The number of para-hydroxylation sites is 4. The smallest absolute Gasteiger partial charge is 0.872 e. The van der Waals surface area contributed by atoms with Crippen molar-refractivity contribution in [3.05, 3.63) is 154 Å². The Morgan fingerprint density at radius 3 is 0.551 bits per heavy atom. The summed E-state index contributed by atoms with van der Waals surface area (Å²) in [5.41, 5.74) is 6.73. The first-order valence-corrected chi connectivity index (χ1v) is 24.5. The van der Waals surface area contributed by atoms with Crippen molar-refractivity contribution >= 4 is 10.2 Å². The van der Waals surface area contributed by atoms with E-state index in [4.69, 9.17) is 0 Å². The maximum Gasteiger partial charge on any atom is 3.00 e. The molecule has 5 rings (SSSR count). The standard InChI is InChI=1S/4C14H22O.C6H5Si.2U/c4*1-13(2,3)10-8-7-9-11(12(10)15)14(4,5)6;7-6-4-2-1-3-5-6;;/h4*7-9,15H,1-6H3;1-5H;;/q;;;;-2;2*+3/p-4. The molecule has 4 aromatic carbocycles. The monoisotopic (exact) mass is 1400 g/mol. The SMILES string of the molecule is CC(C)(C)c1cccc(C(C)(C)C)c1[O-].CC(C)(C)c1cccc(C(C)(C)C)c1[O-].CC(C)(C)c1cccc(C(C)(C)C)c1[O-].CC(C)(C)c1cccc(C(C)(C)C)c1[O-].[Si]C1=C[CH-]C=C[CH-]1.[U+3].[U+3]. The van der Waals surface area contributed by atoms with Crippen LogP contribution in [0.25, 0.3) is 0 Å². The van der Waals surface area contributed by atoms with Gasteiger partial charge in [0.05, 0.1) is 0 Å². The Morgan fingerprint density at radius 1 is 0.304 bits per heavy atom. The fourth-order valence-corrected chi connectivity index (χ4v) is 7.50. The molecular formula is C62H89O4SiU2. The predicted octanol–water partition coefficient (Wildman–Crippen LogP) is 14.4. The molecule has 4 nitrogen and oxygen atoms in total. The summed E-state index contributed by atoms with van der Waals surface area (Å²) in [6.45, 7) is 49.9. The van der Waals surface area contributed by atoms with Crippen molar-refractivity contribution in [2.24, 2.45) is 0 Å². The average Bonchev–Trinajstić information content (AvgIpc) is 3.13. The zero-order valence-corrected chi connectivity index (χ0v) is 56.8. The Morgan fingerprint density at radius 2 is 0.464 bits per heavy atom. The molecule has 0 saturated heterocycles. The van der Waals surface area contributed by atoms with E-state index in [1.165, 1.54) is 0 Å². The molecule has 4 aromatic rings. The molecule has 0 aromatic heterocycles. The van der Waals surface area contributed by atoms with E-state index < -0.39 is 0 Å². The van der Waals surface area contributed by atoms with Crippen molar-refractivity contribution in [3.8, 4) is 23.0 Å². The van der Waals surface area contributed by atoms with Gasteiger partial charge in [-0.3, -0.25) is 36.3 Å². The zero-order valence-electron chi connectivity index (χ0n) is 47.4. The minimum atomic E-state index is -0.0711. The molecular weight excluding hydrogens is 1310 g/mol. The number of allylic oxidation sites excluding steroid dienone is 4. The minimum Gasteiger partial charge on any atom is -0.872 e. The summed E-state index contributed by atoms with van der Waals surface area (Å²) in [5, 5.41) is 50.2. The first-order chi connectivity index (χ1) is 29.9. The van der Waals surface area contributed by atoms with E-state index >= 15 is 0 Å². The van der Waals surface area contributed by atoms with Gasteiger partial charge in [-0.25, -0.2) is 0 Å². The van der Waals surface area contributed by atoms with Crippen LogP contribution in [0.1, 0.15) is 211 Å². The first kappa shape index (κ1) is 68.7. The van der Waals surface area contributed by atoms with Crippen LogP contribution < -0.4 is 20.4 Å². The van der Waals surface area contributed by atoms with Crippen molar-refractivity contribution in [1.82, 2.24) is 0 Å². The second-order valence-electron chi connectivity index (χ2n) is 26.1. The molecule has 5 radical (unpaired) electrons. The van der Waals surface area contributed by atoms with Crippen LogP contribution in [-0.4, -0.2) is 10.2 Å². The van der Waals surface area contributed by atoms with Crippen LogP contribution in [0.2, 0.25) is 0 Å². The molecule has 1 aliphatic carbocycles. The second-order valence-corrected chi connectivity index (χ2v) is 26.7. The molecule has 1 aliphatic rings. The maximum absolute atomic E-state index is 12.3. The van der Waals surface area contributed by atoms with Crippen LogP contribution in [0.4, 0.5) is 0 Å². The van der Waals surface area contributed by atoms with Crippen molar-refractivity contribution < 1.29 is 82.7 Å². The quantitative estimate of drug-likeness (QED) is 0.130. The van der Waals surface area contributed by atoms with E-state index in [9.17, 15) is 20.4 Å². The van der Waals surface area contributed by atoms with Gasteiger partial charge in [0.2, 0.25) is 0 Å². The van der Waals surface area contributed by atoms with E-state index in [1.807, 2.05) is 104 Å². The van der Waals surface area contributed by atoms with Crippen LogP contribution in [0, 0.1) is 75.1 Å². The summed E-state index contributed by atoms with van der Waals surface area (Å²) < 4.78 is 0. The predicted molar refractivity (Wildman–Crippen MR) is 285 cm³/mol. The van der Waals surface area contributed by atoms with Gasteiger partial charge in [0.25, 0.3) is 0 Å². The number of rotatable bonds is 0. The summed E-state index contributed by atoms with van der Waals surface area (Å²) in [5.74, 6) is 0.824. The Balaban J connectivity index is 0. The Kier molecular flexibility index (Phi) is 26.4. The third kappa shape index (κ3) is 22.1. The van der Waals surface area contributed by atoms with Gasteiger partial charge in [0, 0.05) is 0 Å². The van der Waals surface area contributed by atoms with Gasteiger partial charge in [0.15, 0.2) is 0 Å². The largest absolute Gasteiger partial charge is 3.00 e. The number of hydrogen-bond donors (Lipinski definition) is 0. The molecule has 0 unspecified atom stereocenters. The maximum atomic E-state index is 12.3. The first-order valence-electron chi connectivity index (χ1n) is 24.0. The normalized spacial score (nSPS) is 13.0. The van der Waals surface area contributed by atoms with E-state index in [1.54, 1.807) is 0 Å². The van der Waals surface area contributed by atoms with Crippen LogP contribution in [0.3, 0.4) is 0 Å². The van der Waals surface area contributed by atoms with Crippen molar-refractivity contribution in [2.75, 3.05) is 0 Å². The van der Waals surface area contributed by atoms with E-state index in [0.717, 1.165) is 49.7 Å². The summed E-state index contributed by atoms with van der Waals surface area (Å²) >= 11 is 0. The minimum absolute atomic E-state index is 0. The number of hydrogen-bond acceptors (Lipinski definition) is 4. The van der Waals surface area contributed by atoms with E-state index in [2.05, 4.69) is 176 Å². The molecule has 0 saturated carbocycles. The molecule has 0 spiro atoms. The van der Waals surface area contributed by atoms with Crippen molar-refractivity contribution in [1.29, 1.82) is 0 Å². The molecule has 0 N–H and O–H groups in total. The second kappa shape index (κ2) is 26.5. The van der Waals surface area contributed by atoms with E-state index in [0.29, 0.717) is 0 Å². The van der Waals surface area contributed by atoms with Crippen LogP contribution in [0.15, 0.2) is 96.2 Å². The fourth-order valence-electron chi connectivity index (χ4n) is 7.31. The molecule has 0 bridgehead atoms. The molecule has 0 amide bonds. The molecule has 0 heterocycles. The molecule has 0 fully saturated rings. The molecule has 7 heteroatoms. The van der Waals surface area contributed by atoms with Gasteiger partial charge in [0.1, 0.15) is 0 Å². The summed E-state index contributed by atoms with van der Waals surface area (Å²) in [6.07, 6.45) is 9.96. The molecule has 0 atom stereocenters. The fraction of sp³-hybridized carbons (Fsp3) is 0.516. The molecule has 373 valence electrons. The Labute approximate surface area is 474 Å². The molecule has 0 aliphatic heterocycles. The van der Waals surface area contributed by atoms with E-state index in [-0.39, 0.29) is 129 Å². The zero-order chi connectivity index (χ0) is 52.5. The van der Waals surface area contributed by atoms with Gasteiger partial charge < -0.3 is 20.4 Å². The summed E-state index contributed by atoms with van der Waals surface area (Å²) in [7, 11) is 3.36. The van der Waals surface area contributed by atoms with Gasteiger partial charge in [-0.05, 0) is 43.3 Å². The van der Waals surface area contributed by atoms with Gasteiger partial charge in [-0.15, -0.1) is 23.0 Å². The average molecular weight is 1400 g/mol. The van der Waals surface area contributed by atoms with Crippen LogP contribution >= 0.6 is 0 Å². The van der Waals surface area contributed by atoms with Crippen LogP contribution in [0.5, 0.6) is 23.0 Å². The summed E-state index contributed by atoms with van der Waals surface area (Å²) in [4.78, 5) is 0. The molecule has 69 heavy (non-hydrogen) atoms. The van der Waals surface area contributed by atoms with Gasteiger partial charge in [-0.1, -0.05) is 294 Å². The third-order valence-corrected chi connectivity index (χ3v) is 11.6. The van der Waals surface area contributed by atoms with Gasteiger partial charge in [-0.2, -0.15) is 0 Å². The van der Waals surface area contributed by atoms with Crippen molar-refractivity contribution in [3.63, 3.8) is 0 Å². The summed E-state index contributed by atoms with van der Waals surface area (Å²) in [6, 6.07) is 23.5. The Bertz CT molecular complexity index is 1840.